The van der Waals surface area contributed by atoms with Gasteiger partial charge < -0.3 is 25.6 Å². The first-order valence-corrected chi connectivity index (χ1v) is 23.1. The SMILES string of the molecule is Cc1cccc(C)c1Nc1nn(C)c2nc(Nc3ccc4c(c3)CN(CC3CCN(c5ccc6c(c5)C(=O)N(C5CCC(=O)N(COC(=O)C7CCNCC7)C5=O)C6=O)CC3)CC4)ncc12. The highest BCUT2D eigenvalue weighted by Gasteiger charge is 2.47. The Morgan fingerprint density at radius 2 is 1.62 bits per heavy atom. The van der Waals surface area contributed by atoms with Crippen molar-refractivity contribution in [3.8, 4) is 0 Å². The molecule has 3 aromatic carbocycles. The van der Waals surface area contributed by atoms with E-state index in [9.17, 15) is 24.0 Å². The number of likely N-dealkylation sites (tertiary alicyclic amines) is 1. The van der Waals surface area contributed by atoms with Gasteiger partial charge in [-0.1, -0.05) is 24.3 Å². The number of piperidine rings is 3. The van der Waals surface area contributed by atoms with E-state index >= 15 is 0 Å². The lowest BCUT2D eigenvalue weighted by Crippen LogP contribution is -2.56. The third-order valence-electron chi connectivity index (χ3n) is 14.1. The van der Waals surface area contributed by atoms with Crippen LogP contribution < -0.4 is 20.9 Å². The Morgan fingerprint density at radius 1 is 0.848 bits per heavy atom. The van der Waals surface area contributed by atoms with Gasteiger partial charge in [0.2, 0.25) is 11.9 Å². The first-order valence-electron chi connectivity index (χ1n) is 23.1. The average Bonchev–Trinajstić information content (AvgIpc) is 3.77. The van der Waals surface area contributed by atoms with Gasteiger partial charge in [-0.05, 0) is 124 Å². The van der Waals surface area contributed by atoms with E-state index in [1.807, 2.05) is 25.4 Å². The van der Waals surface area contributed by atoms with Gasteiger partial charge in [-0.2, -0.15) is 10.1 Å². The fourth-order valence-electron chi connectivity index (χ4n) is 10.3. The van der Waals surface area contributed by atoms with Crippen molar-refractivity contribution < 1.29 is 28.7 Å². The van der Waals surface area contributed by atoms with E-state index in [0.29, 0.717) is 37.8 Å². The van der Waals surface area contributed by atoms with Crippen molar-refractivity contribution in [2.75, 3.05) is 61.5 Å². The number of hydrogen-bond acceptors (Lipinski definition) is 14. The molecule has 0 radical (unpaired) electrons. The maximum atomic E-state index is 13.9. The lowest BCUT2D eigenvalue weighted by molar-refractivity contribution is -0.166. The van der Waals surface area contributed by atoms with Crippen LogP contribution in [0.1, 0.15) is 81.5 Å². The van der Waals surface area contributed by atoms with Crippen LogP contribution in [0.3, 0.4) is 0 Å². The lowest BCUT2D eigenvalue weighted by atomic mass is 9.93. The first kappa shape index (κ1) is 43.2. The van der Waals surface area contributed by atoms with E-state index in [1.165, 1.54) is 11.1 Å². The van der Waals surface area contributed by atoms with Crippen molar-refractivity contribution in [3.05, 3.63) is 94.2 Å². The number of para-hydroxylation sites is 1. The Morgan fingerprint density at radius 3 is 2.41 bits per heavy atom. The molecule has 2 aromatic heterocycles. The minimum Gasteiger partial charge on any atom is -0.443 e. The highest BCUT2D eigenvalue weighted by Crippen LogP contribution is 2.35. The van der Waals surface area contributed by atoms with Gasteiger partial charge in [0, 0.05) is 69.5 Å². The summed E-state index contributed by atoms with van der Waals surface area (Å²) in [6, 6.07) is 16.9. The number of hydrogen-bond donors (Lipinski definition) is 3. The molecule has 3 saturated heterocycles. The second-order valence-corrected chi connectivity index (χ2v) is 18.4. The quantitative estimate of drug-likeness (QED) is 0.114. The van der Waals surface area contributed by atoms with Gasteiger partial charge in [0.25, 0.3) is 17.7 Å². The van der Waals surface area contributed by atoms with Gasteiger partial charge in [0.1, 0.15) is 6.04 Å². The molecule has 0 spiro atoms. The highest BCUT2D eigenvalue weighted by molar-refractivity contribution is 6.23. The van der Waals surface area contributed by atoms with Crippen molar-refractivity contribution in [2.45, 2.75) is 71.4 Å². The number of benzene rings is 3. The molecule has 342 valence electrons. The van der Waals surface area contributed by atoms with Crippen molar-refractivity contribution in [2.24, 2.45) is 18.9 Å². The predicted molar refractivity (Wildman–Crippen MR) is 248 cm³/mol. The van der Waals surface area contributed by atoms with E-state index < -0.39 is 42.4 Å². The molecule has 17 nitrogen and oxygen atoms in total. The summed E-state index contributed by atoms with van der Waals surface area (Å²) in [5.74, 6) is -1.33. The molecule has 0 bridgehead atoms. The zero-order chi connectivity index (χ0) is 45.6. The van der Waals surface area contributed by atoms with Gasteiger partial charge in [-0.3, -0.25) is 33.8 Å². The number of carbonyl (C=O) groups excluding carboxylic acids is 5. The van der Waals surface area contributed by atoms with E-state index in [1.54, 1.807) is 16.8 Å². The molecule has 5 aliphatic rings. The van der Waals surface area contributed by atoms with Gasteiger partial charge in [0.05, 0.1) is 22.4 Å². The Bertz CT molecular complexity index is 2740. The van der Waals surface area contributed by atoms with Crippen LogP contribution in [-0.4, -0.2) is 116 Å². The molecule has 10 rings (SSSR count). The van der Waals surface area contributed by atoms with Crippen LogP contribution in [0.2, 0.25) is 0 Å². The maximum absolute atomic E-state index is 13.9. The van der Waals surface area contributed by atoms with Crippen LogP contribution in [-0.2, 0) is 39.1 Å². The largest absolute Gasteiger partial charge is 0.443 e. The number of amides is 4. The lowest BCUT2D eigenvalue weighted by Gasteiger charge is -2.37. The molecular formula is C49H55N11O6. The number of aromatic nitrogens is 4. The summed E-state index contributed by atoms with van der Waals surface area (Å²) < 4.78 is 7.17. The van der Waals surface area contributed by atoms with Gasteiger partial charge in [-0.15, -0.1) is 0 Å². The predicted octanol–water partition coefficient (Wildman–Crippen LogP) is 5.36. The summed E-state index contributed by atoms with van der Waals surface area (Å²) in [6.07, 6.45) is 5.98. The second-order valence-electron chi connectivity index (χ2n) is 18.4. The number of carbonyl (C=O) groups is 5. The monoisotopic (exact) mass is 893 g/mol. The van der Waals surface area contributed by atoms with Crippen LogP contribution in [0.4, 0.5) is 28.8 Å². The molecule has 3 N–H and O–H groups in total. The van der Waals surface area contributed by atoms with Crippen LogP contribution in [0.15, 0.2) is 60.8 Å². The molecule has 7 heterocycles. The molecule has 17 heteroatoms. The molecular weight excluding hydrogens is 839 g/mol. The zero-order valence-electron chi connectivity index (χ0n) is 37.6. The number of ether oxygens (including phenoxy) is 1. The average molecular weight is 894 g/mol. The first-order chi connectivity index (χ1) is 32.0. The molecule has 0 saturated carbocycles. The molecule has 1 atom stereocenters. The number of aryl methyl sites for hydroxylation is 3. The number of esters is 1. The number of nitrogens with zero attached hydrogens (tertiary/aromatic N) is 8. The van der Waals surface area contributed by atoms with E-state index in [4.69, 9.17) is 14.8 Å². The second kappa shape index (κ2) is 17.9. The fraction of sp³-hybridized carbons (Fsp3) is 0.429. The van der Waals surface area contributed by atoms with E-state index in [-0.39, 0.29) is 29.9 Å². The van der Waals surface area contributed by atoms with Gasteiger partial charge in [-0.25, -0.2) is 14.6 Å². The van der Waals surface area contributed by atoms with E-state index in [2.05, 4.69) is 74.9 Å². The normalized spacial score (nSPS) is 19.7. The Balaban J connectivity index is 0.732. The molecule has 5 aromatic rings. The Hall–Kier alpha value is -6.72. The third-order valence-corrected chi connectivity index (χ3v) is 14.1. The molecule has 3 fully saturated rings. The van der Waals surface area contributed by atoms with E-state index in [0.717, 1.165) is 107 Å². The fourth-order valence-corrected chi connectivity index (χ4v) is 10.3. The zero-order valence-corrected chi connectivity index (χ0v) is 37.6. The van der Waals surface area contributed by atoms with Crippen molar-refractivity contribution >= 4 is 69.5 Å². The maximum Gasteiger partial charge on any atom is 0.310 e. The summed E-state index contributed by atoms with van der Waals surface area (Å²) in [4.78, 5) is 82.8. The van der Waals surface area contributed by atoms with Crippen molar-refractivity contribution in [1.29, 1.82) is 0 Å². The summed E-state index contributed by atoms with van der Waals surface area (Å²) in [6.45, 7) is 9.48. The third kappa shape index (κ3) is 8.36. The summed E-state index contributed by atoms with van der Waals surface area (Å²) in [5.41, 5.74) is 8.99. The van der Waals surface area contributed by atoms with Crippen LogP contribution in [0.25, 0.3) is 11.0 Å². The number of nitrogens with one attached hydrogen (secondary N) is 3. The smallest absolute Gasteiger partial charge is 0.310 e. The van der Waals surface area contributed by atoms with Gasteiger partial charge in [0.15, 0.2) is 18.2 Å². The Labute approximate surface area is 382 Å². The molecule has 5 aliphatic heterocycles. The number of imide groups is 2. The van der Waals surface area contributed by atoms with Crippen LogP contribution >= 0.6 is 0 Å². The van der Waals surface area contributed by atoms with Crippen LogP contribution in [0.5, 0.6) is 0 Å². The van der Waals surface area contributed by atoms with Crippen molar-refractivity contribution in [1.82, 2.24) is 39.8 Å². The number of rotatable bonds is 11. The van der Waals surface area contributed by atoms with Gasteiger partial charge >= 0.3 is 5.97 Å². The number of anilines is 5. The molecule has 0 aliphatic carbocycles. The number of fused-ring (bicyclic) bond motifs is 3. The summed E-state index contributed by atoms with van der Waals surface area (Å²) in [7, 11) is 1.89. The Kier molecular flexibility index (Phi) is 11.7. The highest BCUT2D eigenvalue weighted by atomic mass is 16.5. The van der Waals surface area contributed by atoms with Crippen LogP contribution in [0, 0.1) is 25.7 Å². The summed E-state index contributed by atoms with van der Waals surface area (Å²) in [5, 5.41) is 15.7. The van der Waals surface area contributed by atoms with Crippen molar-refractivity contribution in [3.63, 3.8) is 0 Å². The topological polar surface area (TPSA) is 187 Å². The molecule has 66 heavy (non-hydrogen) atoms. The molecule has 1 unspecified atom stereocenters. The summed E-state index contributed by atoms with van der Waals surface area (Å²) >= 11 is 0. The molecule has 4 amide bonds. The standard InChI is InChI=1S/C49H55N11O6/c1-29-5-4-6-30(2)42(29)53-43-39-25-51-49(54-44(39)56(3)55-43)52-35-8-7-32-17-20-57(27-34(32)23-35)26-31-15-21-58(22-16-31)36-9-10-37-38(24-36)46(63)60(45(37)62)40-11-12-41(61)59(47(40)64)28-66-48(65)33-13-18-50-19-14-33/h4-10,23-25,31,33,40,50H,11-22,26-28H2,1-3H3,(H,53,55)(H,51,52,54). The minimum atomic E-state index is -1.15. The minimum absolute atomic E-state index is 0.0237.